The number of amides is 2. The van der Waals surface area contributed by atoms with Gasteiger partial charge in [0.2, 0.25) is 15.9 Å². The Bertz CT molecular complexity index is 1340. The highest BCUT2D eigenvalue weighted by molar-refractivity contribution is 7.90. The summed E-state index contributed by atoms with van der Waals surface area (Å²) in [7, 11) is -3.01. The molecular weight excluding hydrogens is 504 g/mol. The van der Waals surface area contributed by atoms with E-state index in [2.05, 4.69) is 10.0 Å². The second kappa shape index (κ2) is 11.3. The molecule has 3 rings (SSSR count). The van der Waals surface area contributed by atoms with Gasteiger partial charge in [0.1, 0.15) is 18.3 Å². The molecule has 1 saturated heterocycles. The topological polar surface area (TPSA) is 165 Å². The second-order valence-electron chi connectivity index (χ2n) is 8.40. The van der Waals surface area contributed by atoms with E-state index in [1.807, 2.05) is 0 Å². The molecule has 0 bridgehead atoms. The summed E-state index contributed by atoms with van der Waals surface area (Å²) in [5.74, 6) is -2.30. The predicted molar refractivity (Wildman–Crippen MR) is 132 cm³/mol. The van der Waals surface area contributed by atoms with Gasteiger partial charge in [-0.25, -0.2) is 17.9 Å². The van der Waals surface area contributed by atoms with Crippen molar-refractivity contribution in [2.45, 2.75) is 38.3 Å². The summed E-state index contributed by atoms with van der Waals surface area (Å²) in [5.41, 5.74) is 1.03. The molecule has 0 aromatic heterocycles. The molecule has 196 valence electrons. The first-order valence-corrected chi connectivity index (χ1v) is 12.7. The van der Waals surface area contributed by atoms with Gasteiger partial charge in [-0.1, -0.05) is 30.3 Å². The molecule has 0 saturated carbocycles. The highest BCUT2D eigenvalue weighted by atomic mass is 32.2. The Morgan fingerprint density at radius 1 is 1.05 bits per heavy atom. The zero-order valence-corrected chi connectivity index (χ0v) is 21.2. The average Bonchev–Trinajstić information content (AvgIpc) is 2.86. The number of benzene rings is 2. The maximum absolute atomic E-state index is 13.1. The lowest BCUT2D eigenvalue weighted by Gasteiger charge is -2.46. The number of nitro groups is 1. The van der Waals surface area contributed by atoms with Crippen molar-refractivity contribution in [3.63, 3.8) is 0 Å². The van der Waals surface area contributed by atoms with Crippen LogP contribution in [0.1, 0.15) is 25.0 Å². The molecule has 0 spiro atoms. The number of non-ortho nitro benzene ring substituents is 1. The van der Waals surface area contributed by atoms with Crippen molar-refractivity contribution >= 4 is 33.5 Å². The molecule has 2 aromatic rings. The van der Waals surface area contributed by atoms with Gasteiger partial charge in [0.05, 0.1) is 11.3 Å². The van der Waals surface area contributed by atoms with Crippen LogP contribution < -0.4 is 10.0 Å². The fourth-order valence-corrected chi connectivity index (χ4v) is 5.02. The normalized spacial score (nSPS) is 16.9. The van der Waals surface area contributed by atoms with Crippen LogP contribution in [0.4, 0.5) is 5.69 Å². The standard InChI is InChI=1S/C24H26N4O8S/c1-15(2)21(24(31)36-14-17-9-11-18(12-10-17)28(32)33)27-22(30)20(23(27)37(34,35)25-3)26-19(29)13-16-7-5-4-6-8-16/h4-12,20,23,25H,13-14H2,1-3H3,(H,26,29). The smallest absolute Gasteiger partial charge is 0.355 e. The van der Waals surface area contributed by atoms with Gasteiger partial charge >= 0.3 is 5.97 Å². The summed E-state index contributed by atoms with van der Waals surface area (Å²) < 4.78 is 33.1. The number of carbonyl (C=O) groups is 3. The first-order valence-electron chi connectivity index (χ1n) is 11.1. The van der Waals surface area contributed by atoms with Crippen LogP contribution in [-0.2, 0) is 42.2 Å². The van der Waals surface area contributed by atoms with Gasteiger partial charge < -0.3 is 10.1 Å². The third-order valence-electron chi connectivity index (χ3n) is 5.59. The molecule has 2 N–H and O–H groups in total. The molecule has 1 fully saturated rings. The number of likely N-dealkylation sites (tertiary alicyclic amines) is 1. The Kier molecular flexibility index (Phi) is 8.40. The molecule has 1 aliphatic rings. The number of hydrogen-bond acceptors (Lipinski definition) is 8. The Balaban J connectivity index is 1.78. The van der Waals surface area contributed by atoms with Gasteiger partial charge in [0.15, 0.2) is 5.37 Å². The van der Waals surface area contributed by atoms with Crippen LogP contribution in [0.2, 0.25) is 0 Å². The zero-order valence-electron chi connectivity index (χ0n) is 20.3. The molecule has 13 heteroatoms. The third-order valence-corrected chi connectivity index (χ3v) is 7.28. The van der Waals surface area contributed by atoms with Crippen molar-refractivity contribution in [2.75, 3.05) is 7.05 Å². The Hall–Kier alpha value is -4.10. The zero-order chi connectivity index (χ0) is 27.3. The highest BCUT2D eigenvalue weighted by Gasteiger charge is 2.57. The van der Waals surface area contributed by atoms with E-state index in [0.717, 1.165) is 11.9 Å². The highest BCUT2D eigenvalue weighted by Crippen LogP contribution is 2.31. The Labute approximate surface area is 213 Å². The van der Waals surface area contributed by atoms with E-state index in [1.165, 1.54) is 38.1 Å². The quantitative estimate of drug-likeness (QED) is 0.153. The summed E-state index contributed by atoms with van der Waals surface area (Å²) in [6.07, 6.45) is -0.0658. The minimum absolute atomic E-state index is 0.0658. The number of allylic oxidation sites excluding steroid dienone is 1. The van der Waals surface area contributed by atoms with Crippen molar-refractivity contribution in [1.82, 2.24) is 14.9 Å². The Morgan fingerprint density at radius 2 is 1.68 bits per heavy atom. The van der Waals surface area contributed by atoms with Crippen molar-refractivity contribution in [3.8, 4) is 0 Å². The van der Waals surface area contributed by atoms with Crippen LogP contribution in [-0.4, -0.2) is 54.5 Å². The number of β-lactam (4-membered cyclic amide) rings is 1. The van der Waals surface area contributed by atoms with Crippen molar-refractivity contribution in [3.05, 3.63) is 87.1 Å². The number of ether oxygens (including phenoxy) is 1. The van der Waals surface area contributed by atoms with Gasteiger partial charge in [-0.05, 0) is 49.7 Å². The maximum Gasteiger partial charge on any atom is 0.355 e. The fourth-order valence-electron chi connectivity index (χ4n) is 3.75. The molecule has 2 aromatic carbocycles. The van der Waals surface area contributed by atoms with Crippen molar-refractivity contribution in [1.29, 1.82) is 0 Å². The summed E-state index contributed by atoms with van der Waals surface area (Å²) in [6, 6.07) is 12.6. The SMILES string of the molecule is CNS(=O)(=O)C1C(NC(=O)Cc2ccccc2)C(=O)N1C(C(=O)OCc1ccc([N+](=O)[O-])cc1)=C(C)C. The van der Waals surface area contributed by atoms with Crippen LogP contribution in [0.3, 0.4) is 0 Å². The van der Waals surface area contributed by atoms with Crippen LogP contribution in [0, 0.1) is 10.1 Å². The summed E-state index contributed by atoms with van der Waals surface area (Å²) in [6.45, 7) is 2.76. The minimum atomic E-state index is -4.17. The summed E-state index contributed by atoms with van der Waals surface area (Å²) in [5, 5.41) is 11.7. The molecule has 12 nitrogen and oxygen atoms in total. The number of carbonyl (C=O) groups excluding carboxylic acids is 3. The lowest BCUT2D eigenvalue weighted by molar-refractivity contribution is -0.384. The molecule has 37 heavy (non-hydrogen) atoms. The third kappa shape index (κ3) is 6.19. The number of hydrogen-bond donors (Lipinski definition) is 2. The molecular formula is C24H26N4O8S. The van der Waals surface area contributed by atoms with Crippen molar-refractivity contribution in [2.24, 2.45) is 0 Å². The number of nitrogens with one attached hydrogen (secondary N) is 2. The molecule has 1 aliphatic heterocycles. The van der Waals surface area contributed by atoms with Gasteiger partial charge in [0.25, 0.3) is 11.6 Å². The van der Waals surface area contributed by atoms with Crippen LogP contribution in [0.25, 0.3) is 0 Å². The molecule has 2 amide bonds. The van der Waals surface area contributed by atoms with E-state index < -0.39 is 44.1 Å². The first kappa shape index (κ1) is 27.5. The Morgan fingerprint density at radius 3 is 2.22 bits per heavy atom. The number of nitro benzene ring substituents is 1. The van der Waals surface area contributed by atoms with E-state index in [-0.39, 0.29) is 24.4 Å². The number of sulfonamides is 1. The first-order chi connectivity index (χ1) is 17.5. The lowest BCUT2D eigenvalue weighted by Crippen LogP contribution is -2.74. The maximum atomic E-state index is 13.1. The number of rotatable bonds is 10. The van der Waals surface area contributed by atoms with Gasteiger partial charge in [-0.3, -0.25) is 24.6 Å². The van der Waals surface area contributed by atoms with Gasteiger partial charge in [-0.15, -0.1) is 0 Å². The molecule has 2 unspecified atom stereocenters. The van der Waals surface area contributed by atoms with Crippen LogP contribution in [0.15, 0.2) is 65.9 Å². The lowest BCUT2D eigenvalue weighted by atomic mass is 10.0. The predicted octanol–water partition coefficient (Wildman–Crippen LogP) is 1.38. The monoisotopic (exact) mass is 530 g/mol. The van der Waals surface area contributed by atoms with E-state index in [4.69, 9.17) is 4.74 Å². The van der Waals surface area contributed by atoms with Gasteiger partial charge in [-0.2, -0.15) is 0 Å². The van der Waals surface area contributed by atoms with E-state index in [0.29, 0.717) is 16.7 Å². The molecule has 1 heterocycles. The van der Waals surface area contributed by atoms with Gasteiger partial charge in [0, 0.05) is 12.1 Å². The average molecular weight is 531 g/mol. The van der Waals surface area contributed by atoms with E-state index >= 15 is 0 Å². The largest absolute Gasteiger partial charge is 0.456 e. The number of nitrogens with zero attached hydrogens (tertiary/aromatic N) is 2. The molecule has 2 atom stereocenters. The summed E-state index contributed by atoms with van der Waals surface area (Å²) in [4.78, 5) is 49.6. The fraction of sp³-hybridized carbons (Fsp3) is 0.292. The molecule has 0 aliphatic carbocycles. The minimum Gasteiger partial charge on any atom is -0.456 e. The van der Waals surface area contributed by atoms with E-state index in [1.54, 1.807) is 30.3 Å². The van der Waals surface area contributed by atoms with Crippen LogP contribution in [0.5, 0.6) is 0 Å². The second-order valence-corrected chi connectivity index (χ2v) is 10.4. The number of esters is 1. The molecule has 0 radical (unpaired) electrons. The van der Waals surface area contributed by atoms with Crippen LogP contribution >= 0.6 is 0 Å². The van der Waals surface area contributed by atoms with E-state index in [9.17, 15) is 32.9 Å². The summed E-state index contributed by atoms with van der Waals surface area (Å²) >= 11 is 0. The van der Waals surface area contributed by atoms with Crippen molar-refractivity contribution < 1.29 is 32.5 Å².